The van der Waals surface area contributed by atoms with E-state index in [2.05, 4.69) is 20.4 Å². The number of hydrogen-bond donors (Lipinski definition) is 2. The fourth-order valence-electron chi connectivity index (χ4n) is 3.38. The number of rotatable bonds is 2. The van der Waals surface area contributed by atoms with Crippen LogP contribution in [0.3, 0.4) is 0 Å². The van der Waals surface area contributed by atoms with Gasteiger partial charge in [0.15, 0.2) is 5.78 Å². The number of aliphatic hydroxyl groups is 2. The van der Waals surface area contributed by atoms with Crippen molar-refractivity contribution in [2.75, 3.05) is 6.61 Å². The van der Waals surface area contributed by atoms with Gasteiger partial charge in [0.05, 0.1) is 12.7 Å². The highest BCUT2D eigenvalue weighted by molar-refractivity contribution is 5.92. The second-order valence-electron chi connectivity index (χ2n) is 6.06. The van der Waals surface area contributed by atoms with Gasteiger partial charge in [0.25, 0.3) is 0 Å². The molecule has 2 aliphatic carbocycles. The van der Waals surface area contributed by atoms with Gasteiger partial charge in [0.2, 0.25) is 0 Å². The van der Waals surface area contributed by atoms with Gasteiger partial charge in [0.1, 0.15) is 0 Å². The molecule has 0 spiro atoms. The first-order chi connectivity index (χ1) is 8.38. The molecule has 3 nitrogen and oxygen atoms in total. The van der Waals surface area contributed by atoms with Gasteiger partial charge in [0, 0.05) is 12.3 Å². The van der Waals surface area contributed by atoms with E-state index in [1.807, 2.05) is 0 Å². The summed E-state index contributed by atoms with van der Waals surface area (Å²) in [5.74, 6) is 0.390. The van der Waals surface area contributed by atoms with E-state index < -0.39 is 6.10 Å². The lowest BCUT2D eigenvalue weighted by molar-refractivity contribution is -0.117. The molecule has 0 aromatic carbocycles. The van der Waals surface area contributed by atoms with Gasteiger partial charge in [-0.15, -0.1) is 0 Å². The van der Waals surface area contributed by atoms with Gasteiger partial charge in [-0.2, -0.15) is 0 Å². The Labute approximate surface area is 108 Å². The minimum atomic E-state index is -0.526. The van der Waals surface area contributed by atoms with Crippen LogP contribution in [0.2, 0.25) is 0 Å². The summed E-state index contributed by atoms with van der Waals surface area (Å²) in [6.45, 7) is 8.05. The predicted octanol–water partition coefficient (Wildman–Crippen LogP) is 1.85. The molecule has 2 N–H and O–H groups in total. The summed E-state index contributed by atoms with van der Waals surface area (Å²) in [7, 11) is 0. The van der Waals surface area contributed by atoms with Crippen LogP contribution in [0.25, 0.3) is 0 Å². The van der Waals surface area contributed by atoms with E-state index in [9.17, 15) is 15.0 Å². The third-order valence-electron chi connectivity index (χ3n) is 4.93. The van der Waals surface area contributed by atoms with E-state index in [1.165, 1.54) is 0 Å². The van der Waals surface area contributed by atoms with Crippen LogP contribution in [0.4, 0.5) is 0 Å². The highest BCUT2D eigenvalue weighted by Crippen LogP contribution is 2.52. The predicted molar refractivity (Wildman–Crippen MR) is 69.9 cm³/mol. The third-order valence-corrected chi connectivity index (χ3v) is 4.93. The molecule has 0 aliphatic heterocycles. The van der Waals surface area contributed by atoms with Crippen molar-refractivity contribution in [1.82, 2.24) is 0 Å². The summed E-state index contributed by atoms with van der Waals surface area (Å²) < 4.78 is 0. The van der Waals surface area contributed by atoms with Gasteiger partial charge < -0.3 is 10.2 Å². The van der Waals surface area contributed by atoms with Crippen LogP contribution in [0, 0.1) is 17.3 Å². The Morgan fingerprint density at radius 1 is 1.56 bits per heavy atom. The molecule has 0 bridgehead atoms. The third kappa shape index (κ3) is 2.06. The molecule has 0 aromatic rings. The SMILES string of the molecule is C=C(CO)C1CC2(C)C(=CC(=O)CC2C)CC1O. The first-order valence-electron chi connectivity index (χ1n) is 6.59. The van der Waals surface area contributed by atoms with Crippen LogP contribution >= 0.6 is 0 Å². The number of ketones is 1. The second kappa shape index (κ2) is 4.63. The van der Waals surface area contributed by atoms with Crippen molar-refractivity contribution in [3.8, 4) is 0 Å². The van der Waals surface area contributed by atoms with Gasteiger partial charge in [-0.3, -0.25) is 4.79 Å². The normalized spacial score (nSPS) is 40.1. The number of carbonyl (C=O) groups is 1. The van der Waals surface area contributed by atoms with Crippen LogP contribution in [0.15, 0.2) is 23.8 Å². The highest BCUT2D eigenvalue weighted by atomic mass is 16.3. The monoisotopic (exact) mass is 250 g/mol. The van der Waals surface area contributed by atoms with Crippen molar-refractivity contribution < 1.29 is 15.0 Å². The molecule has 4 unspecified atom stereocenters. The molecule has 0 aromatic heterocycles. The molecule has 100 valence electrons. The van der Waals surface area contributed by atoms with Crippen molar-refractivity contribution in [1.29, 1.82) is 0 Å². The summed E-state index contributed by atoms with van der Waals surface area (Å²) >= 11 is 0. The second-order valence-corrected chi connectivity index (χ2v) is 6.06. The fraction of sp³-hybridized carbons (Fsp3) is 0.667. The molecule has 0 saturated heterocycles. The molecule has 0 heterocycles. The van der Waals surface area contributed by atoms with E-state index in [0.29, 0.717) is 18.4 Å². The molecule has 18 heavy (non-hydrogen) atoms. The first-order valence-corrected chi connectivity index (χ1v) is 6.59. The van der Waals surface area contributed by atoms with Crippen molar-refractivity contribution in [2.45, 2.75) is 39.2 Å². The van der Waals surface area contributed by atoms with Gasteiger partial charge in [-0.1, -0.05) is 26.0 Å². The maximum atomic E-state index is 11.6. The number of hydrogen-bond acceptors (Lipinski definition) is 3. The molecule has 1 fully saturated rings. The summed E-state index contributed by atoms with van der Waals surface area (Å²) in [6.07, 6.45) is 3.07. The molecule has 2 aliphatic rings. The largest absolute Gasteiger partial charge is 0.392 e. The van der Waals surface area contributed by atoms with Crippen LogP contribution in [-0.4, -0.2) is 28.7 Å². The Morgan fingerprint density at radius 3 is 2.83 bits per heavy atom. The van der Waals surface area contributed by atoms with E-state index in [4.69, 9.17) is 0 Å². The maximum absolute atomic E-state index is 11.6. The Balaban J connectivity index is 2.32. The average Bonchev–Trinajstić information content (AvgIpc) is 2.31. The van der Waals surface area contributed by atoms with Gasteiger partial charge >= 0.3 is 0 Å². The number of aliphatic hydroxyl groups excluding tert-OH is 2. The zero-order valence-corrected chi connectivity index (χ0v) is 11.1. The van der Waals surface area contributed by atoms with Gasteiger partial charge in [-0.05, 0) is 35.8 Å². The minimum Gasteiger partial charge on any atom is -0.392 e. The summed E-state index contributed by atoms with van der Waals surface area (Å²) in [6, 6.07) is 0. The van der Waals surface area contributed by atoms with Crippen LogP contribution in [0.5, 0.6) is 0 Å². The van der Waals surface area contributed by atoms with Crippen molar-refractivity contribution in [3.63, 3.8) is 0 Å². The van der Waals surface area contributed by atoms with Crippen molar-refractivity contribution in [3.05, 3.63) is 23.8 Å². The topological polar surface area (TPSA) is 57.5 Å². The molecule has 0 radical (unpaired) electrons. The lowest BCUT2D eigenvalue weighted by Crippen LogP contribution is -2.44. The summed E-state index contributed by atoms with van der Waals surface area (Å²) in [5, 5.41) is 19.4. The Morgan fingerprint density at radius 2 is 2.22 bits per heavy atom. The zero-order chi connectivity index (χ0) is 13.5. The van der Waals surface area contributed by atoms with Gasteiger partial charge in [-0.25, -0.2) is 0 Å². The number of fused-ring (bicyclic) bond motifs is 1. The van der Waals surface area contributed by atoms with Crippen molar-refractivity contribution in [2.24, 2.45) is 17.3 Å². The summed E-state index contributed by atoms with van der Waals surface area (Å²) in [5.41, 5.74) is 1.73. The first kappa shape index (κ1) is 13.5. The quantitative estimate of drug-likeness (QED) is 0.735. The average molecular weight is 250 g/mol. The highest BCUT2D eigenvalue weighted by Gasteiger charge is 2.46. The lowest BCUT2D eigenvalue weighted by atomic mass is 9.57. The molecular weight excluding hydrogens is 228 g/mol. The molecular formula is C15H22O3. The Kier molecular flexibility index (Phi) is 3.47. The van der Waals surface area contributed by atoms with E-state index in [1.54, 1.807) is 6.08 Å². The summed E-state index contributed by atoms with van der Waals surface area (Å²) in [4.78, 5) is 11.6. The number of carbonyl (C=O) groups excluding carboxylic acids is 1. The van der Waals surface area contributed by atoms with Crippen LogP contribution in [-0.2, 0) is 4.79 Å². The molecule has 2 rings (SSSR count). The smallest absolute Gasteiger partial charge is 0.155 e. The van der Waals surface area contributed by atoms with Crippen LogP contribution in [0.1, 0.15) is 33.1 Å². The Bertz CT molecular complexity index is 410. The van der Waals surface area contributed by atoms with Crippen molar-refractivity contribution >= 4 is 5.78 Å². The molecule has 1 saturated carbocycles. The van der Waals surface area contributed by atoms with Crippen LogP contribution < -0.4 is 0 Å². The molecule has 0 amide bonds. The number of allylic oxidation sites excluding steroid dienone is 1. The zero-order valence-electron chi connectivity index (χ0n) is 11.1. The Hall–Kier alpha value is -0.930. The lowest BCUT2D eigenvalue weighted by Gasteiger charge is -2.48. The standard InChI is InChI=1S/C15H22O3/c1-9(8-16)13-7-15(3)10(2)4-12(17)5-11(15)6-14(13)18/h5,10,13-14,16,18H,1,4,6-8H2,2-3H3. The fourth-order valence-corrected chi connectivity index (χ4v) is 3.38. The van der Waals surface area contributed by atoms with E-state index in [-0.39, 0.29) is 29.6 Å². The molecule has 4 atom stereocenters. The van der Waals surface area contributed by atoms with E-state index >= 15 is 0 Å². The molecule has 3 heteroatoms. The van der Waals surface area contributed by atoms with E-state index in [0.717, 1.165) is 12.0 Å². The minimum absolute atomic E-state index is 0.0457. The maximum Gasteiger partial charge on any atom is 0.155 e.